The van der Waals surface area contributed by atoms with Crippen LogP contribution in [-0.4, -0.2) is 35.5 Å². The van der Waals surface area contributed by atoms with Crippen LogP contribution in [0.2, 0.25) is 5.02 Å². The molecule has 4 amide bonds. The van der Waals surface area contributed by atoms with Crippen LogP contribution in [0.3, 0.4) is 0 Å². The van der Waals surface area contributed by atoms with Crippen molar-refractivity contribution in [1.82, 2.24) is 5.32 Å². The molecule has 33 heavy (non-hydrogen) atoms. The summed E-state index contributed by atoms with van der Waals surface area (Å²) in [5.41, 5.74) is 5.51. The highest BCUT2D eigenvalue weighted by Gasteiger charge is 2.45. The molecule has 2 aromatic carbocycles. The van der Waals surface area contributed by atoms with Gasteiger partial charge in [0.2, 0.25) is 5.91 Å². The minimum atomic E-state index is -1.21. The Balaban J connectivity index is 1.78. The summed E-state index contributed by atoms with van der Waals surface area (Å²) < 4.78 is 5.39. The number of urea groups is 1. The van der Waals surface area contributed by atoms with Crippen molar-refractivity contribution in [2.24, 2.45) is 5.73 Å². The van der Waals surface area contributed by atoms with Crippen molar-refractivity contribution in [3.05, 3.63) is 59.1 Å². The highest BCUT2D eigenvalue weighted by Crippen LogP contribution is 2.37. The summed E-state index contributed by atoms with van der Waals surface area (Å²) in [6.07, 6.45) is -1.50. The molecule has 10 heteroatoms. The third-order valence-electron chi connectivity index (χ3n) is 5.35. The van der Waals surface area contributed by atoms with Crippen LogP contribution < -0.4 is 21.3 Å². The third kappa shape index (κ3) is 5.09. The van der Waals surface area contributed by atoms with E-state index in [0.717, 1.165) is 0 Å². The number of carbonyl (C=O) groups excluding carboxylic acids is 4. The fourth-order valence-corrected chi connectivity index (χ4v) is 3.93. The smallest absolute Gasteiger partial charge is 0.312 e. The molecule has 0 bridgehead atoms. The van der Waals surface area contributed by atoms with E-state index in [1.54, 1.807) is 62.4 Å². The van der Waals surface area contributed by atoms with E-state index in [0.29, 0.717) is 22.0 Å². The van der Waals surface area contributed by atoms with Gasteiger partial charge in [0.1, 0.15) is 5.54 Å². The second-order valence-electron chi connectivity index (χ2n) is 8.12. The SMILES string of the molecule is C[C@H](OC(=O)C[C@H](NC(N)=O)c1ccccc1Cl)C(=O)N1c2ccccc2NC(=O)C1(C)C. The molecule has 0 saturated carbocycles. The van der Waals surface area contributed by atoms with Gasteiger partial charge >= 0.3 is 12.0 Å². The van der Waals surface area contributed by atoms with E-state index in [2.05, 4.69) is 10.6 Å². The van der Waals surface area contributed by atoms with Gasteiger partial charge in [0, 0.05) is 5.02 Å². The average molecular weight is 473 g/mol. The van der Waals surface area contributed by atoms with E-state index in [4.69, 9.17) is 22.1 Å². The topological polar surface area (TPSA) is 131 Å². The second-order valence-corrected chi connectivity index (χ2v) is 8.53. The summed E-state index contributed by atoms with van der Waals surface area (Å²) in [5.74, 6) is -1.67. The zero-order valence-electron chi connectivity index (χ0n) is 18.4. The number of hydrogen-bond acceptors (Lipinski definition) is 5. The zero-order valence-corrected chi connectivity index (χ0v) is 19.2. The Morgan fingerprint density at radius 1 is 1.15 bits per heavy atom. The van der Waals surface area contributed by atoms with Gasteiger partial charge in [-0.3, -0.25) is 19.3 Å². The van der Waals surface area contributed by atoms with Gasteiger partial charge in [-0.15, -0.1) is 0 Å². The van der Waals surface area contributed by atoms with Gasteiger partial charge in [0.25, 0.3) is 5.91 Å². The Morgan fingerprint density at radius 3 is 2.45 bits per heavy atom. The minimum Gasteiger partial charge on any atom is -0.452 e. The monoisotopic (exact) mass is 472 g/mol. The number of hydrogen-bond donors (Lipinski definition) is 3. The predicted octanol–water partition coefficient (Wildman–Crippen LogP) is 3.14. The summed E-state index contributed by atoms with van der Waals surface area (Å²) in [5, 5.41) is 5.59. The summed E-state index contributed by atoms with van der Waals surface area (Å²) in [7, 11) is 0. The fourth-order valence-electron chi connectivity index (χ4n) is 3.66. The molecule has 0 aliphatic carbocycles. The lowest BCUT2D eigenvalue weighted by Crippen LogP contribution is -2.60. The van der Waals surface area contributed by atoms with Crippen LogP contribution in [0, 0.1) is 0 Å². The number of ether oxygens (including phenoxy) is 1. The van der Waals surface area contributed by atoms with Crippen molar-refractivity contribution in [2.45, 2.75) is 44.9 Å². The molecule has 0 saturated heterocycles. The summed E-state index contributed by atoms with van der Waals surface area (Å²) in [6.45, 7) is 4.64. The van der Waals surface area contributed by atoms with Crippen LogP contribution in [0.5, 0.6) is 0 Å². The highest BCUT2D eigenvalue weighted by molar-refractivity contribution is 6.31. The molecule has 9 nitrogen and oxygen atoms in total. The normalized spacial score (nSPS) is 16.1. The number of halogens is 1. The van der Waals surface area contributed by atoms with E-state index < -0.39 is 35.6 Å². The number of fused-ring (bicyclic) bond motifs is 1. The molecular formula is C23H25ClN4O5. The quantitative estimate of drug-likeness (QED) is 0.556. The van der Waals surface area contributed by atoms with E-state index in [9.17, 15) is 19.2 Å². The fraction of sp³-hybridized carbons (Fsp3) is 0.304. The molecule has 3 rings (SSSR count). The summed E-state index contributed by atoms with van der Waals surface area (Å²) in [6, 6.07) is 11.9. The van der Waals surface area contributed by atoms with E-state index >= 15 is 0 Å². The molecule has 0 fully saturated rings. The van der Waals surface area contributed by atoms with Crippen molar-refractivity contribution in [1.29, 1.82) is 0 Å². The van der Waals surface area contributed by atoms with Gasteiger partial charge < -0.3 is 21.1 Å². The number of benzene rings is 2. The number of anilines is 2. The number of para-hydroxylation sites is 2. The molecule has 2 atom stereocenters. The van der Waals surface area contributed by atoms with Crippen molar-refractivity contribution >= 4 is 46.8 Å². The van der Waals surface area contributed by atoms with Gasteiger partial charge in [-0.25, -0.2) is 4.79 Å². The molecular weight excluding hydrogens is 448 g/mol. The lowest BCUT2D eigenvalue weighted by Gasteiger charge is -2.42. The molecule has 1 heterocycles. The first-order valence-electron chi connectivity index (χ1n) is 10.3. The summed E-state index contributed by atoms with van der Waals surface area (Å²) in [4.78, 5) is 51.4. The zero-order chi connectivity index (χ0) is 24.3. The standard InChI is InChI=1S/C23H25ClN4O5/c1-13(20(30)28-18-11-7-6-10-16(18)26-21(31)23(28,2)3)33-19(29)12-17(27-22(25)32)14-8-4-5-9-15(14)24/h4-11,13,17H,12H2,1-3H3,(H,26,31)(H3,25,27,32)/t13-,17-/m0/s1. The second kappa shape index (κ2) is 9.50. The van der Waals surface area contributed by atoms with Gasteiger partial charge in [-0.1, -0.05) is 41.9 Å². The van der Waals surface area contributed by atoms with Crippen LogP contribution in [0.4, 0.5) is 16.2 Å². The Morgan fingerprint density at radius 2 is 1.79 bits per heavy atom. The first-order valence-corrected chi connectivity index (χ1v) is 10.6. The number of carbonyl (C=O) groups is 4. The van der Waals surface area contributed by atoms with Crippen molar-refractivity contribution in [2.75, 3.05) is 10.2 Å². The molecule has 2 aromatic rings. The van der Waals surface area contributed by atoms with Crippen molar-refractivity contribution in [3.63, 3.8) is 0 Å². The Kier molecular flexibility index (Phi) is 6.92. The van der Waals surface area contributed by atoms with Crippen LogP contribution in [-0.2, 0) is 19.1 Å². The van der Waals surface area contributed by atoms with Gasteiger partial charge in [0.05, 0.1) is 23.8 Å². The molecule has 0 aromatic heterocycles. The van der Waals surface area contributed by atoms with Crippen molar-refractivity contribution in [3.8, 4) is 0 Å². The molecule has 0 radical (unpaired) electrons. The molecule has 1 aliphatic heterocycles. The van der Waals surface area contributed by atoms with Crippen LogP contribution >= 0.6 is 11.6 Å². The van der Waals surface area contributed by atoms with Crippen molar-refractivity contribution < 1.29 is 23.9 Å². The maximum absolute atomic E-state index is 13.3. The Hall–Kier alpha value is -3.59. The van der Waals surface area contributed by atoms with E-state index in [-0.39, 0.29) is 12.3 Å². The molecule has 0 spiro atoms. The Bertz CT molecular complexity index is 1100. The first kappa shape index (κ1) is 24.1. The summed E-state index contributed by atoms with van der Waals surface area (Å²) >= 11 is 6.19. The molecule has 4 N–H and O–H groups in total. The number of nitrogens with two attached hydrogens (primary N) is 1. The third-order valence-corrected chi connectivity index (χ3v) is 5.70. The van der Waals surface area contributed by atoms with Crippen LogP contribution in [0.1, 0.15) is 38.8 Å². The number of nitrogens with zero attached hydrogens (tertiary/aromatic N) is 1. The predicted molar refractivity (Wildman–Crippen MR) is 124 cm³/mol. The number of esters is 1. The molecule has 0 unspecified atom stereocenters. The largest absolute Gasteiger partial charge is 0.452 e. The van der Waals surface area contributed by atoms with E-state index in [1.165, 1.54) is 11.8 Å². The van der Waals surface area contributed by atoms with Crippen LogP contribution in [0.25, 0.3) is 0 Å². The lowest BCUT2D eigenvalue weighted by atomic mass is 9.95. The average Bonchev–Trinajstić information content (AvgIpc) is 2.73. The minimum absolute atomic E-state index is 0.301. The maximum Gasteiger partial charge on any atom is 0.312 e. The van der Waals surface area contributed by atoms with Crippen LogP contribution in [0.15, 0.2) is 48.5 Å². The number of rotatable bonds is 6. The number of primary amides is 1. The molecule has 174 valence electrons. The number of amides is 4. The Labute approximate surface area is 196 Å². The van der Waals surface area contributed by atoms with E-state index in [1.807, 2.05) is 0 Å². The lowest BCUT2D eigenvalue weighted by molar-refractivity contribution is -0.154. The first-order chi connectivity index (χ1) is 15.5. The molecule has 1 aliphatic rings. The van der Waals surface area contributed by atoms with Gasteiger partial charge in [0.15, 0.2) is 6.10 Å². The highest BCUT2D eigenvalue weighted by atomic mass is 35.5. The maximum atomic E-state index is 13.3. The van der Waals surface area contributed by atoms with Gasteiger partial charge in [-0.2, -0.15) is 0 Å². The van der Waals surface area contributed by atoms with Gasteiger partial charge in [-0.05, 0) is 44.5 Å². The number of nitrogens with one attached hydrogen (secondary N) is 2.